The summed E-state index contributed by atoms with van der Waals surface area (Å²) in [6.45, 7) is 6.22. The molecule has 2 amide bonds. The monoisotopic (exact) mass is 330 g/mol. The molecular formula is C20H30N2O2. The van der Waals surface area contributed by atoms with Gasteiger partial charge in [0, 0.05) is 17.5 Å². The van der Waals surface area contributed by atoms with Crippen molar-refractivity contribution in [2.75, 3.05) is 5.32 Å². The molecule has 0 saturated heterocycles. The molecule has 1 aliphatic carbocycles. The first-order chi connectivity index (χ1) is 11.5. The van der Waals surface area contributed by atoms with Crippen molar-refractivity contribution in [1.29, 1.82) is 0 Å². The molecular weight excluding hydrogens is 300 g/mol. The van der Waals surface area contributed by atoms with E-state index in [1.807, 2.05) is 31.2 Å². The molecule has 0 bridgehead atoms. The first kappa shape index (κ1) is 18.5. The van der Waals surface area contributed by atoms with Gasteiger partial charge in [-0.1, -0.05) is 38.8 Å². The zero-order valence-electron chi connectivity index (χ0n) is 15.1. The standard InChI is InChI=1S/C20H30N2O2/c1-4-6-7-15(5-2)19(23)21-14(3)16-10-12-18(13-11-16)22-20(24)17-8-9-17/h10-15,17H,4-9H2,1-3H3,(H,21,23)(H,22,24). The fraction of sp³-hybridized carbons (Fsp3) is 0.600. The van der Waals surface area contributed by atoms with Crippen LogP contribution in [-0.2, 0) is 9.59 Å². The molecule has 1 fully saturated rings. The van der Waals surface area contributed by atoms with Gasteiger partial charge in [0.05, 0.1) is 6.04 Å². The number of unbranched alkanes of at least 4 members (excludes halogenated alkanes) is 1. The Morgan fingerprint density at radius 2 is 1.83 bits per heavy atom. The highest BCUT2D eigenvalue weighted by atomic mass is 16.2. The molecule has 0 spiro atoms. The molecule has 132 valence electrons. The summed E-state index contributed by atoms with van der Waals surface area (Å²) in [5, 5.41) is 6.05. The Balaban J connectivity index is 1.87. The summed E-state index contributed by atoms with van der Waals surface area (Å²) in [5.41, 5.74) is 1.88. The van der Waals surface area contributed by atoms with Crippen molar-refractivity contribution in [1.82, 2.24) is 5.32 Å². The number of amides is 2. The Bertz CT molecular complexity index is 549. The molecule has 1 aliphatic rings. The maximum atomic E-state index is 12.4. The predicted molar refractivity (Wildman–Crippen MR) is 97.7 cm³/mol. The van der Waals surface area contributed by atoms with E-state index >= 15 is 0 Å². The van der Waals surface area contributed by atoms with Crippen molar-refractivity contribution in [3.05, 3.63) is 29.8 Å². The van der Waals surface area contributed by atoms with Gasteiger partial charge in [-0.3, -0.25) is 9.59 Å². The minimum atomic E-state index is -0.0265. The number of benzene rings is 1. The van der Waals surface area contributed by atoms with Gasteiger partial charge >= 0.3 is 0 Å². The van der Waals surface area contributed by atoms with Crippen LogP contribution < -0.4 is 10.6 Å². The molecule has 0 radical (unpaired) electrons. The highest BCUT2D eigenvalue weighted by Crippen LogP contribution is 2.30. The van der Waals surface area contributed by atoms with Crippen LogP contribution in [0, 0.1) is 11.8 Å². The number of rotatable bonds is 9. The molecule has 0 aliphatic heterocycles. The highest BCUT2D eigenvalue weighted by Gasteiger charge is 2.29. The third kappa shape index (κ3) is 5.36. The zero-order valence-corrected chi connectivity index (χ0v) is 15.1. The lowest BCUT2D eigenvalue weighted by Crippen LogP contribution is -2.32. The van der Waals surface area contributed by atoms with E-state index in [9.17, 15) is 9.59 Å². The lowest BCUT2D eigenvalue weighted by Gasteiger charge is -2.20. The summed E-state index contributed by atoms with van der Waals surface area (Å²) in [7, 11) is 0. The molecule has 2 rings (SSSR count). The average Bonchev–Trinajstić information content (AvgIpc) is 3.41. The zero-order chi connectivity index (χ0) is 17.5. The van der Waals surface area contributed by atoms with Crippen molar-refractivity contribution in [3.8, 4) is 0 Å². The van der Waals surface area contributed by atoms with E-state index in [0.717, 1.165) is 49.8 Å². The molecule has 0 aromatic heterocycles. The second-order valence-electron chi connectivity index (χ2n) is 6.86. The highest BCUT2D eigenvalue weighted by molar-refractivity contribution is 5.94. The van der Waals surface area contributed by atoms with Gasteiger partial charge in [-0.2, -0.15) is 0 Å². The van der Waals surface area contributed by atoms with E-state index in [4.69, 9.17) is 0 Å². The van der Waals surface area contributed by atoms with Gasteiger partial charge in [-0.05, 0) is 50.3 Å². The van der Waals surface area contributed by atoms with Crippen LogP contribution in [0.15, 0.2) is 24.3 Å². The summed E-state index contributed by atoms with van der Waals surface area (Å²) < 4.78 is 0. The minimum absolute atomic E-state index is 0.0265. The molecule has 2 unspecified atom stereocenters. The van der Waals surface area contributed by atoms with Crippen molar-refractivity contribution in [2.24, 2.45) is 11.8 Å². The second-order valence-corrected chi connectivity index (χ2v) is 6.86. The quantitative estimate of drug-likeness (QED) is 0.704. The molecule has 24 heavy (non-hydrogen) atoms. The van der Waals surface area contributed by atoms with E-state index < -0.39 is 0 Å². The first-order valence-electron chi connectivity index (χ1n) is 9.26. The summed E-state index contributed by atoms with van der Waals surface area (Å²) in [5.74, 6) is 0.567. The molecule has 1 aromatic carbocycles. The Kier molecular flexibility index (Phi) is 6.83. The van der Waals surface area contributed by atoms with Crippen LogP contribution in [0.1, 0.15) is 70.9 Å². The minimum Gasteiger partial charge on any atom is -0.349 e. The summed E-state index contributed by atoms with van der Waals surface area (Å²) in [6.07, 6.45) is 6.05. The fourth-order valence-corrected chi connectivity index (χ4v) is 2.83. The Morgan fingerprint density at radius 1 is 1.17 bits per heavy atom. The van der Waals surface area contributed by atoms with Crippen LogP contribution in [0.25, 0.3) is 0 Å². The van der Waals surface area contributed by atoms with Gasteiger partial charge < -0.3 is 10.6 Å². The molecule has 2 atom stereocenters. The first-order valence-corrected chi connectivity index (χ1v) is 9.26. The predicted octanol–water partition coefficient (Wildman–Crippen LogP) is 4.43. The van der Waals surface area contributed by atoms with Gasteiger partial charge in [-0.25, -0.2) is 0 Å². The third-order valence-electron chi connectivity index (χ3n) is 4.75. The molecule has 4 heteroatoms. The Morgan fingerprint density at radius 3 is 2.38 bits per heavy atom. The smallest absolute Gasteiger partial charge is 0.227 e. The van der Waals surface area contributed by atoms with E-state index in [2.05, 4.69) is 24.5 Å². The van der Waals surface area contributed by atoms with Crippen molar-refractivity contribution in [3.63, 3.8) is 0 Å². The summed E-state index contributed by atoms with van der Waals surface area (Å²) in [4.78, 5) is 24.2. The van der Waals surface area contributed by atoms with Crippen LogP contribution in [0.4, 0.5) is 5.69 Å². The summed E-state index contributed by atoms with van der Waals surface area (Å²) >= 11 is 0. The number of hydrogen-bond donors (Lipinski definition) is 2. The number of anilines is 1. The van der Waals surface area contributed by atoms with Crippen LogP contribution >= 0.6 is 0 Å². The van der Waals surface area contributed by atoms with Crippen molar-refractivity contribution < 1.29 is 9.59 Å². The SMILES string of the molecule is CCCCC(CC)C(=O)NC(C)c1ccc(NC(=O)C2CC2)cc1. The molecule has 0 heterocycles. The van der Waals surface area contributed by atoms with E-state index in [0.29, 0.717) is 0 Å². The second kappa shape index (κ2) is 8.86. The van der Waals surface area contributed by atoms with Gasteiger partial charge in [0.25, 0.3) is 0 Å². The summed E-state index contributed by atoms with van der Waals surface area (Å²) in [6, 6.07) is 7.74. The van der Waals surface area contributed by atoms with Gasteiger partial charge in [0.1, 0.15) is 0 Å². The third-order valence-corrected chi connectivity index (χ3v) is 4.75. The van der Waals surface area contributed by atoms with Crippen LogP contribution in [0.2, 0.25) is 0 Å². The van der Waals surface area contributed by atoms with Gasteiger partial charge in [-0.15, -0.1) is 0 Å². The molecule has 4 nitrogen and oxygen atoms in total. The van der Waals surface area contributed by atoms with Crippen LogP contribution in [0.5, 0.6) is 0 Å². The maximum absolute atomic E-state index is 12.4. The normalized spacial score (nSPS) is 16.3. The number of hydrogen-bond acceptors (Lipinski definition) is 2. The largest absolute Gasteiger partial charge is 0.349 e. The van der Waals surface area contributed by atoms with Gasteiger partial charge in [0.15, 0.2) is 0 Å². The van der Waals surface area contributed by atoms with Crippen molar-refractivity contribution in [2.45, 2.75) is 65.3 Å². The van der Waals surface area contributed by atoms with E-state index in [1.165, 1.54) is 0 Å². The molecule has 1 aromatic rings. The Labute approximate surface area is 145 Å². The fourth-order valence-electron chi connectivity index (χ4n) is 2.83. The maximum Gasteiger partial charge on any atom is 0.227 e. The average molecular weight is 330 g/mol. The number of carbonyl (C=O) groups excluding carboxylic acids is 2. The molecule has 2 N–H and O–H groups in total. The topological polar surface area (TPSA) is 58.2 Å². The number of carbonyl (C=O) groups is 2. The van der Waals surface area contributed by atoms with Crippen LogP contribution in [0.3, 0.4) is 0 Å². The van der Waals surface area contributed by atoms with E-state index in [-0.39, 0.29) is 29.7 Å². The molecule has 1 saturated carbocycles. The van der Waals surface area contributed by atoms with Crippen LogP contribution in [-0.4, -0.2) is 11.8 Å². The van der Waals surface area contributed by atoms with E-state index in [1.54, 1.807) is 0 Å². The lowest BCUT2D eigenvalue weighted by molar-refractivity contribution is -0.126. The lowest BCUT2D eigenvalue weighted by atomic mass is 9.97. The number of nitrogens with one attached hydrogen (secondary N) is 2. The van der Waals surface area contributed by atoms with Gasteiger partial charge in [0.2, 0.25) is 11.8 Å². The Hall–Kier alpha value is -1.84. The van der Waals surface area contributed by atoms with Crippen molar-refractivity contribution >= 4 is 17.5 Å².